The van der Waals surface area contributed by atoms with Gasteiger partial charge in [-0.25, -0.2) is 4.98 Å². The lowest BCUT2D eigenvalue weighted by Crippen LogP contribution is -2.45. The first-order valence-corrected chi connectivity index (χ1v) is 10.1. The van der Waals surface area contributed by atoms with Crippen LogP contribution >= 0.6 is 23.2 Å². The highest BCUT2D eigenvalue weighted by atomic mass is 35.5. The Labute approximate surface area is 182 Å². The van der Waals surface area contributed by atoms with E-state index >= 15 is 0 Å². The maximum Gasteiger partial charge on any atom is 0.270 e. The average Bonchev–Trinajstić information content (AvgIpc) is 3.17. The predicted octanol–water partition coefficient (Wildman–Crippen LogP) is 3.55. The molecule has 2 amide bonds. The highest BCUT2D eigenvalue weighted by Crippen LogP contribution is 2.25. The minimum Gasteiger partial charge on any atom is -0.326 e. The molecule has 1 unspecified atom stereocenters. The summed E-state index contributed by atoms with van der Waals surface area (Å²) in [5.41, 5.74) is 1.25. The van der Waals surface area contributed by atoms with Crippen LogP contribution in [0.15, 0.2) is 47.5 Å². The molecule has 4 rings (SSSR count). The smallest absolute Gasteiger partial charge is 0.270 e. The molecule has 1 aliphatic rings. The predicted molar refractivity (Wildman–Crippen MR) is 115 cm³/mol. The lowest BCUT2D eigenvalue weighted by Gasteiger charge is -2.24. The molecule has 1 atom stereocenters. The van der Waals surface area contributed by atoms with Crippen molar-refractivity contribution in [1.82, 2.24) is 14.3 Å². The summed E-state index contributed by atoms with van der Waals surface area (Å²) in [6.07, 6.45) is 4.06. The standard InChI is InChI=1S/C21H18Cl2N4O3/c1-12-4-5-18-24-10-16(21(30)27(18)11-12)20(29)26-6-2-3-17(26)19(28)25-15-8-13(22)7-14(23)9-15/h4-5,7-11,17H,2-3,6H2,1H3,(H,25,28). The first-order valence-electron chi connectivity index (χ1n) is 9.39. The highest BCUT2D eigenvalue weighted by Gasteiger charge is 2.35. The number of benzene rings is 1. The van der Waals surface area contributed by atoms with Crippen molar-refractivity contribution in [3.8, 4) is 0 Å². The van der Waals surface area contributed by atoms with E-state index in [4.69, 9.17) is 23.2 Å². The number of hydrogen-bond acceptors (Lipinski definition) is 4. The summed E-state index contributed by atoms with van der Waals surface area (Å²) >= 11 is 12.0. The first-order chi connectivity index (χ1) is 14.3. The van der Waals surface area contributed by atoms with Gasteiger partial charge in [-0.1, -0.05) is 29.3 Å². The quantitative estimate of drug-likeness (QED) is 0.669. The maximum atomic E-state index is 13.1. The Morgan fingerprint density at radius 2 is 1.90 bits per heavy atom. The Hall–Kier alpha value is -2.90. The van der Waals surface area contributed by atoms with Gasteiger partial charge in [0.05, 0.1) is 0 Å². The molecule has 154 valence electrons. The van der Waals surface area contributed by atoms with Crippen LogP contribution in [-0.4, -0.2) is 38.7 Å². The molecule has 2 aromatic heterocycles. The van der Waals surface area contributed by atoms with Gasteiger partial charge in [-0.3, -0.25) is 18.8 Å². The molecule has 1 aliphatic heterocycles. The fraction of sp³-hybridized carbons (Fsp3) is 0.238. The molecule has 9 heteroatoms. The summed E-state index contributed by atoms with van der Waals surface area (Å²) in [5.74, 6) is -0.867. The van der Waals surface area contributed by atoms with Gasteiger partial charge in [0.25, 0.3) is 11.5 Å². The zero-order valence-corrected chi connectivity index (χ0v) is 17.6. The van der Waals surface area contributed by atoms with E-state index in [0.29, 0.717) is 40.8 Å². The van der Waals surface area contributed by atoms with Crippen molar-refractivity contribution in [1.29, 1.82) is 0 Å². The molecule has 0 radical (unpaired) electrons. The molecular formula is C21H18Cl2N4O3. The molecule has 1 aromatic carbocycles. The van der Waals surface area contributed by atoms with Crippen molar-refractivity contribution in [3.63, 3.8) is 0 Å². The topological polar surface area (TPSA) is 83.8 Å². The molecule has 0 saturated carbocycles. The van der Waals surface area contributed by atoms with Gasteiger partial charge in [0.15, 0.2) is 0 Å². The molecule has 1 saturated heterocycles. The van der Waals surface area contributed by atoms with E-state index < -0.39 is 17.5 Å². The van der Waals surface area contributed by atoms with Crippen LogP contribution in [0.4, 0.5) is 5.69 Å². The van der Waals surface area contributed by atoms with E-state index in [-0.39, 0.29) is 11.5 Å². The molecule has 30 heavy (non-hydrogen) atoms. The van der Waals surface area contributed by atoms with E-state index in [1.165, 1.54) is 15.5 Å². The van der Waals surface area contributed by atoms with Gasteiger partial charge in [-0.15, -0.1) is 0 Å². The first kappa shape index (κ1) is 20.4. The van der Waals surface area contributed by atoms with Crippen LogP contribution in [0.3, 0.4) is 0 Å². The molecule has 0 bridgehead atoms. The number of carbonyl (C=O) groups excluding carboxylic acids is 2. The second-order valence-electron chi connectivity index (χ2n) is 7.22. The number of nitrogens with zero attached hydrogens (tertiary/aromatic N) is 3. The molecule has 0 aliphatic carbocycles. The maximum absolute atomic E-state index is 13.1. The van der Waals surface area contributed by atoms with E-state index in [0.717, 1.165) is 5.56 Å². The number of halogens is 2. The van der Waals surface area contributed by atoms with Crippen molar-refractivity contribution < 1.29 is 9.59 Å². The van der Waals surface area contributed by atoms with E-state index in [2.05, 4.69) is 10.3 Å². The van der Waals surface area contributed by atoms with Gasteiger partial charge in [0, 0.05) is 34.7 Å². The Morgan fingerprint density at radius 3 is 2.63 bits per heavy atom. The summed E-state index contributed by atoms with van der Waals surface area (Å²) in [4.78, 5) is 44.5. The van der Waals surface area contributed by atoms with Crippen molar-refractivity contribution in [2.45, 2.75) is 25.8 Å². The Bertz CT molecular complexity index is 1200. The number of hydrogen-bond donors (Lipinski definition) is 1. The van der Waals surface area contributed by atoms with E-state index in [1.807, 2.05) is 13.0 Å². The number of amides is 2. The zero-order chi connectivity index (χ0) is 21.4. The molecule has 7 nitrogen and oxygen atoms in total. The van der Waals surface area contributed by atoms with Gasteiger partial charge in [0.2, 0.25) is 5.91 Å². The fourth-order valence-corrected chi connectivity index (χ4v) is 4.14. The van der Waals surface area contributed by atoms with Gasteiger partial charge >= 0.3 is 0 Å². The van der Waals surface area contributed by atoms with Crippen LogP contribution in [0.25, 0.3) is 5.65 Å². The van der Waals surface area contributed by atoms with E-state index in [1.54, 1.807) is 30.5 Å². The lowest BCUT2D eigenvalue weighted by atomic mass is 10.1. The summed E-state index contributed by atoms with van der Waals surface area (Å²) in [7, 11) is 0. The zero-order valence-electron chi connectivity index (χ0n) is 16.1. The summed E-state index contributed by atoms with van der Waals surface area (Å²) in [5, 5.41) is 3.54. The number of aromatic nitrogens is 2. The number of fused-ring (bicyclic) bond motifs is 1. The molecule has 3 aromatic rings. The Kier molecular flexibility index (Phi) is 5.49. The van der Waals surface area contributed by atoms with Crippen molar-refractivity contribution in [2.24, 2.45) is 0 Å². The minimum atomic E-state index is -0.701. The number of likely N-dealkylation sites (tertiary alicyclic amines) is 1. The Balaban J connectivity index is 1.61. The SMILES string of the molecule is Cc1ccc2ncc(C(=O)N3CCCC3C(=O)Nc3cc(Cl)cc(Cl)c3)c(=O)n2c1. The highest BCUT2D eigenvalue weighted by molar-refractivity contribution is 6.35. The third kappa shape index (κ3) is 3.91. The number of rotatable bonds is 3. The van der Waals surface area contributed by atoms with Crippen LogP contribution in [0, 0.1) is 6.92 Å². The number of nitrogens with one attached hydrogen (secondary N) is 1. The average molecular weight is 445 g/mol. The summed E-state index contributed by atoms with van der Waals surface area (Å²) in [6.45, 7) is 2.23. The molecule has 0 spiro atoms. The summed E-state index contributed by atoms with van der Waals surface area (Å²) < 4.78 is 1.35. The second-order valence-corrected chi connectivity index (χ2v) is 8.09. The van der Waals surface area contributed by atoms with Crippen LogP contribution in [0.2, 0.25) is 10.0 Å². The van der Waals surface area contributed by atoms with Gasteiger partial charge in [0.1, 0.15) is 17.3 Å². The largest absolute Gasteiger partial charge is 0.326 e. The van der Waals surface area contributed by atoms with Crippen molar-refractivity contribution >= 4 is 46.4 Å². The minimum absolute atomic E-state index is 0.0661. The van der Waals surface area contributed by atoms with Crippen LogP contribution in [0.1, 0.15) is 28.8 Å². The van der Waals surface area contributed by atoms with Gasteiger partial charge in [-0.05, 0) is 49.6 Å². The monoisotopic (exact) mass is 444 g/mol. The normalized spacial score (nSPS) is 16.1. The number of anilines is 1. The van der Waals surface area contributed by atoms with E-state index in [9.17, 15) is 14.4 Å². The van der Waals surface area contributed by atoms with Gasteiger partial charge in [-0.2, -0.15) is 0 Å². The lowest BCUT2D eigenvalue weighted by molar-refractivity contribution is -0.119. The number of pyridine rings is 1. The molecule has 1 fully saturated rings. The molecular weight excluding hydrogens is 427 g/mol. The molecule has 3 heterocycles. The summed E-state index contributed by atoms with van der Waals surface area (Å²) in [6, 6.07) is 7.57. The van der Waals surface area contributed by atoms with Crippen LogP contribution in [0.5, 0.6) is 0 Å². The number of carbonyl (C=O) groups is 2. The number of aryl methyl sites for hydroxylation is 1. The second kappa shape index (κ2) is 8.08. The van der Waals surface area contributed by atoms with Gasteiger partial charge < -0.3 is 10.2 Å². The fourth-order valence-electron chi connectivity index (χ4n) is 3.62. The molecule has 1 N–H and O–H groups in total. The third-order valence-corrected chi connectivity index (χ3v) is 5.46. The Morgan fingerprint density at radius 1 is 1.17 bits per heavy atom. The van der Waals surface area contributed by atoms with Crippen LogP contribution < -0.4 is 10.9 Å². The van der Waals surface area contributed by atoms with Crippen LogP contribution in [-0.2, 0) is 4.79 Å². The van der Waals surface area contributed by atoms with Crippen molar-refractivity contribution in [2.75, 3.05) is 11.9 Å². The van der Waals surface area contributed by atoms with Crippen molar-refractivity contribution in [3.05, 3.63) is 74.3 Å². The third-order valence-electron chi connectivity index (χ3n) is 5.03.